The molecule has 0 aliphatic rings. The van der Waals surface area contributed by atoms with Gasteiger partial charge in [-0.05, 0) is 30.7 Å². The van der Waals surface area contributed by atoms with Crippen LogP contribution in [0.1, 0.15) is 23.7 Å². The van der Waals surface area contributed by atoms with Crippen molar-refractivity contribution in [1.82, 2.24) is 0 Å². The highest BCUT2D eigenvalue weighted by Crippen LogP contribution is 2.21. The molecule has 0 saturated carbocycles. The average Bonchev–Trinajstić information content (AvgIpc) is 2.28. The number of rotatable bonds is 5. The largest absolute Gasteiger partial charge is 0.478 e. The van der Waals surface area contributed by atoms with Crippen molar-refractivity contribution >= 4 is 29.2 Å². The summed E-state index contributed by atoms with van der Waals surface area (Å²) in [7, 11) is 0. The number of carboxylic acids is 1. The molecule has 98 valence electrons. The number of carboxylic acid groups (broad SMARTS) is 1. The molecule has 1 atom stereocenters. The van der Waals surface area contributed by atoms with E-state index in [2.05, 4.69) is 5.32 Å². The fourth-order valence-electron chi connectivity index (χ4n) is 1.41. The highest BCUT2D eigenvalue weighted by atomic mass is 35.5. The van der Waals surface area contributed by atoms with Gasteiger partial charge >= 0.3 is 5.97 Å². The summed E-state index contributed by atoms with van der Waals surface area (Å²) in [6.45, 7) is 2.24. The number of carbonyl (C=O) groups excluding carboxylic acids is 1. The lowest BCUT2D eigenvalue weighted by Gasteiger charge is -2.11. The van der Waals surface area contributed by atoms with Crippen molar-refractivity contribution in [3.63, 3.8) is 0 Å². The highest BCUT2D eigenvalue weighted by molar-refractivity contribution is 6.31. The molecular weight excluding hydrogens is 256 g/mol. The third-order valence-electron chi connectivity index (χ3n) is 2.42. The predicted molar refractivity (Wildman–Crippen MR) is 69.9 cm³/mol. The summed E-state index contributed by atoms with van der Waals surface area (Å²) in [6, 6.07) is 4.23. The van der Waals surface area contributed by atoms with E-state index >= 15 is 0 Å². The van der Waals surface area contributed by atoms with E-state index in [1.165, 1.54) is 18.2 Å². The fraction of sp³-hybridized carbons (Fsp3) is 0.333. The molecule has 1 aromatic carbocycles. The Balaban J connectivity index is 2.86. The van der Waals surface area contributed by atoms with E-state index in [1.54, 1.807) is 0 Å². The predicted octanol–water partition coefficient (Wildman–Crippen LogP) is 1.96. The molecular formula is C12H15ClN2O3. The molecule has 0 aliphatic carbocycles. The van der Waals surface area contributed by atoms with Gasteiger partial charge in [0.15, 0.2) is 0 Å². The van der Waals surface area contributed by atoms with Crippen LogP contribution in [-0.4, -0.2) is 23.5 Å². The maximum atomic E-state index is 11.7. The third kappa shape index (κ3) is 4.01. The van der Waals surface area contributed by atoms with Gasteiger partial charge in [-0.25, -0.2) is 4.79 Å². The lowest BCUT2D eigenvalue weighted by molar-refractivity contribution is -0.116. The van der Waals surface area contributed by atoms with E-state index in [-0.39, 0.29) is 29.5 Å². The summed E-state index contributed by atoms with van der Waals surface area (Å²) in [4.78, 5) is 22.6. The highest BCUT2D eigenvalue weighted by Gasteiger charge is 2.14. The minimum atomic E-state index is -1.12. The van der Waals surface area contributed by atoms with Crippen LogP contribution in [0.4, 0.5) is 5.69 Å². The first-order valence-corrected chi connectivity index (χ1v) is 5.84. The van der Waals surface area contributed by atoms with E-state index in [0.29, 0.717) is 11.6 Å². The van der Waals surface area contributed by atoms with Crippen LogP contribution in [0.3, 0.4) is 0 Å². The molecule has 0 aliphatic heterocycles. The van der Waals surface area contributed by atoms with Crippen LogP contribution < -0.4 is 11.1 Å². The molecule has 1 rings (SSSR count). The molecule has 0 saturated heterocycles. The first-order chi connectivity index (χ1) is 8.43. The van der Waals surface area contributed by atoms with Crippen molar-refractivity contribution in [2.75, 3.05) is 11.9 Å². The van der Waals surface area contributed by atoms with Crippen LogP contribution in [0.25, 0.3) is 0 Å². The van der Waals surface area contributed by atoms with Crippen LogP contribution in [0.5, 0.6) is 0 Å². The second-order valence-electron chi connectivity index (χ2n) is 4.09. The van der Waals surface area contributed by atoms with Gasteiger partial charge in [-0.2, -0.15) is 0 Å². The summed E-state index contributed by atoms with van der Waals surface area (Å²) >= 11 is 5.77. The quantitative estimate of drug-likeness (QED) is 0.762. The molecule has 1 aromatic rings. The van der Waals surface area contributed by atoms with Crippen LogP contribution in [0, 0.1) is 5.92 Å². The van der Waals surface area contributed by atoms with Gasteiger partial charge in [-0.15, -0.1) is 0 Å². The number of anilines is 1. The number of aromatic carboxylic acids is 1. The van der Waals surface area contributed by atoms with Gasteiger partial charge in [0.25, 0.3) is 0 Å². The Kier molecular flexibility index (Phi) is 5.12. The zero-order valence-corrected chi connectivity index (χ0v) is 10.7. The number of halogens is 1. The smallest absolute Gasteiger partial charge is 0.337 e. The Morgan fingerprint density at radius 1 is 1.50 bits per heavy atom. The number of hydrogen-bond donors (Lipinski definition) is 3. The van der Waals surface area contributed by atoms with E-state index in [1.807, 2.05) is 6.92 Å². The van der Waals surface area contributed by atoms with Crippen molar-refractivity contribution in [2.24, 2.45) is 11.7 Å². The normalized spacial score (nSPS) is 11.9. The molecule has 0 spiro atoms. The molecule has 0 bridgehead atoms. The Hall–Kier alpha value is -1.59. The lowest BCUT2D eigenvalue weighted by Crippen LogP contribution is -2.21. The van der Waals surface area contributed by atoms with Gasteiger partial charge in [0.05, 0.1) is 11.3 Å². The Labute approximate surface area is 110 Å². The molecule has 0 fully saturated rings. The first-order valence-electron chi connectivity index (χ1n) is 5.46. The van der Waals surface area contributed by atoms with Crippen LogP contribution in [-0.2, 0) is 4.79 Å². The molecule has 0 radical (unpaired) electrons. The van der Waals surface area contributed by atoms with Gasteiger partial charge in [-0.1, -0.05) is 18.5 Å². The van der Waals surface area contributed by atoms with Gasteiger partial charge in [-0.3, -0.25) is 4.79 Å². The molecule has 0 aromatic heterocycles. The van der Waals surface area contributed by atoms with Crippen LogP contribution >= 0.6 is 11.6 Å². The summed E-state index contributed by atoms with van der Waals surface area (Å²) in [5.74, 6) is -1.36. The zero-order valence-electron chi connectivity index (χ0n) is 9.94. The Morgan fingerprint density at radius 3 is 2.72 bits per heavy atom. The Morgan fingerprint density at radius 2 is 2.17 bits per heavy atom. The molecule has 18 heavy (non-hydrogen) atoms. The van der Waals surface area contributed by atoms with Gasteiger partial charge in [0, 0.05) is 11.4 Å². The van der Waals surface area contributed by atoms with Gasteiger partial charge in [0.2, 0.25) is 5.91 Å². The molecule has 6 heteroatoms. The van der Waals surface area contributed by atoms with E-state index in [0.717, 1.165) is 0 Å². The van der Waals surface area contributed by atoms with Crippen LogP contribution in [0.2, 0.25) is 5.02 Å². The molecule has 1 unspecified atom stereocenters. The summed E-state index contributed by atoms with van der Waals surface area (Å²) in [6.07, 6.45) is 0.238. The van der Waals surface area contributed by atoms with Crippen molar-refractivity contribution in [1.29, 1.82) is 0 Å². The standard InChI is InChI=1S/C12H15ClN2O3/c1-7(6-14)4-11(16)15-10-5-8(13)2-3-9(10)12(17)18/h2-3,5,7H,4,6,14H2,1H3,(H,15,16)(H,17,18). The number of carbonyl (C=O) groups is 2. The molecule has 1 amide bonds. The maximum Gasteiger partial charge on any atom is 0.337 e. The van der Waals surface area contributed by atoms with Crippen LogP contribution in [0.15, 0.2) is 18.2 Å². The summed E-state index contributed by atoms with van der Waals surface area (Å²) < 4.78 is 0. The monoisotopic (exact) mass is 270 g/mol. The van der Waals surface area contributed by atoms with Crippen molar-refractivity contribution < 1.29 is 14.7 Å². The number of benzene rings is 1. The van der Waals surface area contributed by atoms with Gasteiger partial charge < -0.3 is 16.2 Å². The number of nitrogens with one attached hydrogen (secondary N) is 1. The molecule has 0 heterocycles. The number of amides is 1. The lowest BCUT2D eigenvalue weighted by atomic mass is 10.1. The fourth-order valence-corrected chi connectivity index (χ4v) is 1.58. The van der Waals surface area contributed by atoms with Crippen molar-refractivity contribution in [3.05, 3.63) is 28.8 Å². The topological polar surface area (TPSA) is 92.4 Å². The second kappa shape index (κ2) is 6.37. The zero-order chi connectivity index (χ0) is 13.7. The second-order valence-corrected chi connectivity index (χ2v) is 4.52. The number of nitrogens with two attached hydrogens (primary N) is 1. The summed E-state index contributed by atoms with van der Waals surface area (Å²) in [5, 5.41) is 11.9. The van der Waals surface area contributed by atoms with Gasteiger partial charge in [0.1, 0.15) is 0 Å². The van der Waals surface area contributed by atoms with E-state index < -0.39 is 5.97 Å². The summed E-state index contributed by atoms with van der Waals surface area (Å²) in [5.41, 5.74) is 5.63. The van der Waals surface area contributed by atoms with E-state index in [9.17, 15) is 9.59 Å². The van der Waals surface area contributed by atoms with Crippen molar-refractivity contribution in [2.45, 2.75) is 13.3 Å². The average molecular weight is 271 g/mol. The van der Waals surface area contributed by atoms with Crippen molar-refractivity contribution in [3.8, 4) is 0 Å². The molecule has 4 N–H and O–H groups in total. The first kappa shape index (κ1) is 14.5. The number of hydrogen-bond acceptors (Lipinski definition) is 3. The Bertz CT molecular complexity index is 463. The molecule has 5 nitrogen and oxygen atoms in total. The minimum Gasteiger partial charge on any atom is -0.478 e. The maximum absolute atomic E-state index is 11.7. The minimum absolute atomic E-state index is 0.00755. The SMILES string of the molecule is CC(CN)CC(=O)Nc1cc(Cl)ccc1C(=O)O. The third-order valence-corrected chi connectivity index (χ3v) is 2.66. The van der Waals surface area contributed by atoms with E-state index in [4.69, 9.17) is 22.4 Å².